The fourth-order valence-corrected chi connectivity index (χ4v) is 1.39. The third-order valence-corrected chi connectivity index (χ3v) is 2.01. The second-order valence-corrected chi connectivity index (χ2v) is 3.27. The molecule has 0 amide bonds. The second kappa shape index (κ2) is 3.44. The lowest BCUT2D eigenvalue weighted by Gasteiger charge is -2.18. The Morgan fingerprint density at radius 2 is 2.23 bits per heavy atom. The van der Waals surface area contributed by atoms with Gasteiger partial charge in [-0.05, 0) is 19.1 Å². The first kappa shape index (κ1) is 10.2. The molecular weight excluding hydrogens is 195 g/mol. The van der Waals surface area contributed by atoms with Crippen LogP contribution in [0.2, 0.25) is 5.02 Å². The summed E-state index contributed by atoms with van der Waals surface area (Å²) in [5.41, 5.74) is -2.06. The molecule has 1 aromatic rings. The predicted molar refractivity (Wildman–Crippen MR) is 47.0 cm³/mol. The average molecular weight is 203 g/mol. The van der Waals surface area contributed by atoms with Gasteiger partial charge in [-0.2, -0.15) is 0 Å². The van der Waals surface area contributed by atoms with Crippen LogP contribution in [0.5, 0.6) is 0 Å². The Hall–Kier alpha value is -0.930. The topological polar surface area (TPSA) is 37.3 Å². The van der Waals surface area contributed by atoms with Gasteiger partial charge < -0.3 is 5.11 Å². The lowest BCUT2D eigenvalue weighted by Crippen LogP contribution is -2.24. The zero-order chi connectivity index (χ0) is 10.1. The van der Waals surface area contributed by atoms with Crippen LogP contribution in [0.4, 0.5) is 4.39 Å². The highest BCUT2D eigenvalue weighted by Gasteiger charge is 2.28. The number of aldehydes is 1. The molecule has 4 heteroatoms. The third-order valence-electron chi connectivity index (χ3n) is 1.70. The first-order valence-corrected chi connectivity index (χ1v) is 4.00. The molecule has 70 valence electrons. The number of hydrogen-bond donors (Lipinski definition) is 1. The van der Waals surface area contributed by atoms with Gasteiger partial charge in [-0.3, -0.25) is 4.79 Å². The molecule has 1 aromatic carbocycles. The van der Waals surface area contributed by atoms with Crippen LogP contribution in [-0.4, -0.2) is 11.4 Å². The molecule has 1 unspecified atom stereocenters. The number of benzene rings is 1. The Labute approximate surface area is 80.0 Å². The van der Waals surface area contributed by atoms with Crippen molar-refractivity contribution in [1.29, 1.82) is 0 Å². The molecule has 1 rings (SSSR count). The van der Waals surface area contributed by atoms with Crippen LogP contribution in [-0.2, 0) is 10.4 Å². The van der Waals surface area contributed by atoms with Crippen LogP contribution >= 0.6 is 11.6 Å². The number of rotatable bonds is 2. The van der Waals surface area contributed by atoms with E-state index in [0.29, 0.717) is 0 Å². The largest absolute Gasteiger partial charge is 0.378 e. The van der Waals surface area contributed by atoms with E-state index in [1.807, 2.05) is 0 Å². The van der Waals surface area contributed by atoms with Crippen molar-refractivity contribution in [3.63, 3.8) is 0 Å². The summed E-state index contributed by atoms with van der Waals surface area (Å²) in [6.07, 6.45) is 0.247. The van der Waals surface area contributed by atoms with Crippen LogP contribution in [0.25, 0.3) is 0 Å². The van der Waals surface area contributed by atoms with Crippen LogP contribution in [0, 0.1) is 5.82 Å². The lowest BCUT2D eigenvalue weighted by molar-refractivity contribution is -0.123. The Morgan fingerprint density at radius 3 is 2.69 bits per heavy atom. The minimum Gasteiger partial charge on any atom is -0.378 e. The van der Waals surface area contributed by atoms with Gasteiger partial charge in [-0.15, -0.1) is 0 Å². The van der Waals surface area contributed by atoms with E-state index in [1.54, 1.807) is 0 Å². The van der Waals surface area contributed by atoms with Crippen LogP contribution in [0.15, 0.2) is 18.2 Å². The molecule has 0 aliphatic heterocycles. The predicted octanol–water partition coefficient (Wildman–Crippen LogP) is 1.89. The van der Waals surface area contributed by atoms with Crippen molar-refractivity contribution < 1.29 is 14.3 Å². The van der Waals surface area contributed by atoms with E-state index in [1.165, 1.54) is 19.1 Å². The van der Waals surface area contributed by atoms with Gasteiger partial charge >= 0.3 is 0 Å². The quantitative estimate of drug-likeness (QED) is 0.744. The molecule has 0 bridgehead atoms. The smallest absolute Gasteiger partial charge is 0.156 e. The van der Waals surface area contributed by atoms with Gasteiger partial charge in [0.05, 0.1) is 5.02 Å². The summed E-state index contributed by atoms with van der Waals surface area (Å²) < 4.78 is 13.1. The van der Waals surface area contributed by atoms with Crippen molar-refractivity contribution in [3.8, 4) is 0 Å². The number of aliphatic hydroxyl groups is 1. The third kappa shape index (κ3) is 1.87. The molecule has 0 aromatic heterocycles. The highest BCUT2D eigenvalue weighted by molar-refractivity contribution is 6.31. The van der Waals surface area contributed by atoms with Crippen LogP contribution in [0.1, 0.15) is 12.5 Å². The second-order valence-electron chi connectivity index (χ2n) is 2.86. The Bertz CT molecular complexity index is 316. The van der Waals surface area contributed by atoms with Gasteiger partial charge in [0.15, 0.2) is 6.29 Å². The van der Waals surface area contributed by atoms with E-state index in [2.05, 4.69) is 0 Å². The summed E-state index contributed by atoms with van der Waals surface area (Å²) in [6.45, 7) is 1.18. The van der Waals surface area contributed by atoms with E-state index in [4.69, 9.17) is 11.6 Å². The summed E-state index contributed by atoms with van der Waals surface area (Å²) in [7, 11) is 0. The summed E-state index contributed by atoms with van der Waals surface area (Å²) in [5.74, 6) is -0.690. The number of hydrogen-bond acceptors (Lipinski definition) is 2. The van der Waals surface area contributed by atoms with Crippen molar-refractivity contribution in [3.05, 3.63) is 34.6 Å². The Kier molecular flexibility index (Phi) is 2.68. The van der Waals surface area contributed by atoms with Crippen LogP contribution < -0.4 is 0 Å². The van der Waals surface area contributed by atoms with E-state index in [9.17, 15) is 14.3 Å². The highest BCUT2D eigenvalue weighted by atomic mass is 35.5. The maximum atomic E-state index is 13.1. The summed E-state index contributed by atoms with van der Waals surface area (Å²) in [4.78, 5) is 10.5. The molecule has 0 aliphatic rings. The maximum Gasteiger partial charge on any atom is 0.156 e. The van der Waals surface area contributed by atoms with Gasteiger partial charge in [0, 0.05) is 5.56 Å². The van der Waals surface area contributed by atoms with Crippen molar-refractivity contribution in [1.82, 2.24) is 0 Å². The van der Waals surface area contributed by atoms with E-state index in [-0.39, 0.29) is 16.9 Å². The lowest BCUT2D eigenvalue weighted by atomic mass is 9.97. The van der Waals surface area contributed by atoms with Crippen molar-refractivity contribution >= 4 is 17.9 Å². The fourth-order valence-electron chi connectivity index (χ4n) is 1.04. The molecule has 1 atom stereocenters. The van der Waals surface area contributed by atoms with Crippen molar-refractivity contribution in [2.24, 2.45) is 0 Å². The van der Waals surface area contributed by atoms with Gasteiger partial charge in [0.25, 0.3) is 0 Å². The average Bonchev–Trinajstić information content (AvgIpc) is 2.03. The fraction of sp³-hybridized carbons (Fsp3) is 0.222. The highest BCUT2D eigenvalue weighted by Crippen LogP contribution is 2.28. The Morgan fingerprint density at radius 1 is 1.62 bits per heavy atom. The van der Waals surface area contributed by atoms with Gasteiger partial charge in [0.1, 0.15) is 11.4 Å². The molecule has 0 radical (unpaired) electrons. The summed E-state index contributed by atoms with van der Waals surface area (Å²) in [5, 5.41) is 9.50. The molecule has 2 nitrogen and oxygen atoms in total. The molecule has 13 heavy (non-hydrogen) atoms. The zero-order valence-electron chi connectivity index (χ0n) is 6.92. The molecule has 0 fully saturated rings. The molecule has 0 saturated heterocycles. The monoisotopic (exact) mass is 202 g/mol. The van der Waals surface area contributed by atoms with Gasteiger partial charge in [-0.25, -0.2) is 4.39 Å². The standard InChI is InChI=1S/C9H8ClFO2/c1-9(13,5-12)8-6(10)3-2-4-7(8)11/h2-5,13H,1H3. The van der Waals surface area contributed by atoms with Crippen molar-refractivity contribution in [2.45, 2.75) is 12.5 Å². The van der Waals surface area contributed by atoms with Gasteiger partial charge in [-0.1, -0.05) is 17.7 Å². The minimum atomic E-state index is -1.87. The molecular formula is C9H8ClFO2. The minimum absolute atomic E-state index is 0.0390. The Balaban J connectivity index is 3.36. The van der Waals surface area contributed by atoms with E-state index < -0.39 is 11.4 Å². The normalized spacial score (nSPS) is 15.1. The van der Waals surface area contributed by atoms with Gasteiger partial charge in [0.2, 0.25) is 0 Å². The SMILES string of the molecule is CC(O)(C=O)c1c(F)cccc1Cl. The van der Waals surface area contributed by atoms with E-state index in [0.717, 1.165) is 6.07 Å². The first-order valence-electron chi connectivity index (χ1n) is 3.62. The number of carbonyl (C=O) groups is 1. The van der Waals surface area contributed by atoms with E-state index >= 15 is 0 Å². The molecule has 0 heterocycles. The molecule has 1 N–H and O–H groups in total. The maximum absolute atomic E-state index is 13.1. The number of carbonyl (C=O) groups excluding carboxylic acids is 1. The van der Waals surface area contributed by atoms with Crippen LogP contribution in [0.3, 0.4) is 0 Å². The molecule has 0 spiro atoms. The number of halogens is 2. The van der Waals surface area contributed by atoms with Crippen molar-refractivity contribution in [2.75, 3.05) is 0 Å². The zero-order valence-corrected chi connectivity index (χ0v) is 7.68. The molecule has 0 saturated carbocycles. The first-order chi connectivity index (χ1) is 5.99. The molecule has 0 aliphatic carbocycles. The summed E-state index contributed by atoms with van der Waals surface area (Å²) in [6, 6.07) is 3.96. The summed E-state index contributed by atoms with van der Waals surface area (Å²) >= 11 is 5.63.